The Bertz CT molecular complexity index is 1300. The molecule has 10 nitrogen and oxygen atoms in total. The third kappa shape index (κ3) is 7.26. The molecule has 0 aliphatic carbocycles. The lowest BCUT2D eigenvalue weighted by Crippen LogP contribution is -2.47. The second kappa shape index (κ2) is 12.6. The van der Waals surface area contributed by atoms with Crippen molar-refractivity contribution < 1.29 is 30.1 Å². The Hall–Kier alpha value is -3.51. The molecule has 1 amide bonds. The smallest absolute Gasteiger partial charge is 0.328 e. The van der Waals surface area contributed by atoms with Crippen LogP contribution in [0, 0.1) is 0 Å². The van der Waals surface area contributed by atoms with Crippen molar-refractivity contribution in [1.82, 2.24) is 9.27 Å². The minimum absolute atomic E-state index is 0. The number of carbonyl (C=O) groups is 3. The summed E-state index contributed by atoms with van der Waals surface area (Å²) in [7, 11) is 0. The number of nitrogens with zero attached hydrogens (tertiary/aromatic N) is 3. The molecule has 0 bridgehead atoms. The molecule has 12 heteroatoms. The van der Waals surface area contributed by atoms with Gasteiger partial charge in [0, 0.05) is 61.0 Å². The van der Waals surface area contributed by atoms with Gasteiger partial charge in [-0.1, -0.05) is 29.8 Å². The number of benzene rings is 2. The number of nitrogens with one attached hydrogen (secondary N) is 1. The molecule has 196 valence electrons. The number of piperazine rings is 1. The molecule has 0 radical (unpaired) electrons. The Labute approximate surface area is 222 Å². The van der Waals surface area contributed by atoms with Crippen molar-refractivity contribution >= 4 is 62.6 Å². The molecular weight excluding hydrogens is 520 g/mol. The third-order valence-corrected chi connectivity index (χ3v) is 7.16. The number of amides is 1. The summed E-state index contributed by atoms with van der Waals surface area (Å²) < 4.78 is 5.94. The van der Waals surface area contributed by atoms with Gasteiger partial charge in [-0.3, -0.25) is 9.69 Å². The van der Waals surface area contributed by atoms with E-state index in [1.807, 2.05) is 6.07 Å². The number of fused-ring (bicyclic) bond motifs is 2. The highest BCUT2D eigenvalue weighted by Crippen LogP contribution is 2.31. The van der Waals surface area contributed by atoms with Crippen LogP contribution in [-0.2, 0) is 27.2 Å². The first-order valence-corrected chi connectivity index (χ1v) is 12.5. The standard InChI is InChI=1S/C21H21ClN4OS.C4H4O4.H2O/c22-17-13-18-15(12-20(27)23-18)11-14(17)5-6-25-7-9-26(10-8-25)21-16-3-1-2-4-19(16)28-24-21;5-3(6)1-2-4(7)8;/h1-4,11,13H,5-10,12H2,(H,23,27);1-2H,(H,5,6)(H,7,8);1H2/b;2-1-;. The molecule has 5 N–H and O–H groups in total. The summed E-state index contributed by atoms with van der Waals surface area (Å²) in [4.78, 5) is 35.6. The Morgan fingerprint density at radius 1 is 1.08 bits per heavy atom. The summed E-state index contributed by atoms with van der Waals surface area (Å²) in [6.07, 6.45) is 2.48. The third-order valence-electron chi connectivity index (χ3n) is 5.99. The zero-order chi connectivity index (χ0) is 25.7. The van der Waals surface area contributed by atoms with Gasteiger partial charge in [-0.25, -0.2) is 9.59 Å². The van der Waals surface area contributed by atoms with E-state index in [-0.39, 0.29) is 11.4 Å². The first-order valence-electron chi connectivity index (χ1n) is 11.4. The fourth-order valence-electron chi connectivity index (χ4n) is 4.20. The van der Waals surface area contributed by atoms with Gasteiger partial charge in [-0.2, -0.15) is 4.37 Å². The Morgan fingerprint density at radius 3 is 2.43 bits per heavy atom. The van der Waals surface area contributed by atoms with Gasteiger partial charge in [0.15, 0.2) is 0 Å². The minimum Gasteiger partial charge on any atom is -0.478 e. The van der Waals surface area contributed by atoms with E-state index in [1.165, 1.54) is 10.1 Å². The fourth-order valence-corrected chi connectivity index (χ4v) is 5.25. The van der Waals surface area contributed by atoms with Crippen LogP contribution in [0.2, 0.25) is 5.02 Å². The lowest BCUT2D eigenvalue weighted by molar-refractivity contribution is -0.134. The molecule has 3 heterocycles. The number of hydrogen-bond acceptors (Lipinski definition) is 7. The molecule has 1 fully saturated rings. The molecule has 2 aliphatic heterocycles. The van der Waals surface area contributed by atoms with Gasteiger partial charge < -0.3 is 25.9 Å². The number of hydrogen-bond donors (Lipinski definition) is 3. The van der Waals surface area contributed by atoms with Gasteiger partial charge >= 0.3 is 11.9 Å². The number of halogens is 1. The molecule has 0 atom stereocenters. The molecule has 0 unspecified atom stereocenters. The monoisotopic (exact) mass is 546 g/mol. The maximum absolute atomic E-state index is 11.6. The van der Waals surface area contributed by atoms with Crippen molar-refractivity contribution in [2.45, 2.75) is 12.8 Å². The van der Waals surface area contributed by atoms with E-state index >= 15 is 0 Å². The quantitative estimate of drug-likeness (QED) is 0.399. The van der Waals surface area contributed by atoms with Crippen LogP contribution in [0.15, 0.2) is 48.6 Å². The fraction of sp³-hybridized carbons (Fsp3) is 0.280. The van der Waals surface area contributed by atoms with Crippen LogP contribution in [0.3, 0.4) is 0 Å². The Morgan fingerprint density at radius 2 is 1.76 bits per heavy atom. The van der Waals surface area contributed by atoms with Crippen LogP contribution < -0.4 is 10.2 Å². The highest BCUT2D eigenvalue weighted by molar-refractivity contribution is 7.13. The van der Waals surface area contributed by atoms with Crippen molar-refractivity contribution in [2.24, 2.45) is 0 Å². The van der Waals surface area contributed by atoms with Gasteiger partial charge in [-0.05, 0) is 47.3 Å². The van der Waals surface area contributed by atoms with Gasteiger partial charge in [0.1, 0.15) is 5.82 Å². The number of aromatic nitrogens is 1. The minimum atomic E-state index is -1.26. The lowest BCUT2D eigenvalue weighted by Gasteiger charge is -2.35. The SMILES string of the molecule is O.O=C(O)/C=C\C(=O)O.O=C1Cc2cc(CCN3CCN(c4nsc5ccccc45)CC3)c(Cl)cc2N1. The topological polar surface area (TPSA) is 155 Å². The van der Waals surface area contributed by atoms with E-state index in [0.29, 0.717) is 18.6 Å². The predicted molar refractivity (Wildman–Crippen MR) is 144 cm³/mol. The van der Waals surface area contributed by atoms with Gasteiger partial charge in [-0.15, -0.1) is 0 Å². The molecule has 37 heavy (non-hydrogen) atoms. The van der Waals surface area contributed by atoms with Crippen LogP contribution in [-0.4, -0.2) is 75.5 Å². The molecule has 5 rings (SSSR count). The van der Waals surface area contributed by atoms with Gasteiger partial charge in [0.05, 0.1) is 11.1 Å². The predicted octanol–water partition coefficient (Wildman–Crippen LogP) is 2.70. The highest BCUT2D eigenvalue weighted by Gasteiger charge is 2.22. The van der Waals surface area contributed by atoms with E-state index in [0.717, 1.165) is 66.8 Å². The molecule has 2 aromatic carbocycles. The number of carbonyl (C=O) groups excluding carboxylic acids is 1. The normalized spacial score (nSPS) is 15.1. The zero-order valence-electron chi connectivity index (χ0n) is 19.8. The van der Waals surface area contributed by atoms with E-state index in [2.05, 4.69) is 49.8 Å². The van der Waals surface area contributed by atoms with Gasteiger partial charge in [0.25, 0.3) is 0 Å². The lowest BCUT2D eigenvalue weighted by atomic mass is 10.1. The summed E-state index contributed by atoms with van der Waals surface area (Å²) in [6.45, 7) is 5.00. The summed E-state index contributed by atoms with van der Waals surface area (Å²) in [5, 5.41) is 20.5. The average Bonchev–Trinajstić information content (AvgIpc) is 3.44. The maximum Gasteiger partial charge on any atom is 0.328 e. The second-order valence-electron chi connectivity index (χ2n) is 8.42. The van der Waals surface area contributed by atoms with Crippen LogP contribution in [0.1, 0.15) is 11.1 Å². The highest BCUT2D eigenvalue weighted by atomic mass is 35.5. The van der Waals surface area contributed by atoms with Crippen LogP contribution in [0.4, 0.5) is 11.5 Å². The molecule has 1 aromatic heterocycles. The second-order valence-corrected chi connectivity index (χ2v) is 9.63. The van der Waals surface area contributed by atoms with E-state index in [1.54, 1.807) is 11.5 Å². The van der Waals surface area contributed by atoms with Crippen molar-refractivity contribution in [2.75, 3.05) is 42.9 Å². The van der Waals surface area contributed by atoms with Crippen LogP contribution >= 0.6 is 23.1 Å². The molecular formula is C25H27ClN4O6S. The summed E-state index contributed by atoms with van der Waals surface area (Å²) in [5.74, 6) is -1.34. The number of carboxylic acid groups (broad SMARTS) is 2. The van der Waals surface area contributed by atoms with Crippen molar-refractivity contribution in [3.63, 3.8) is 0 Å². The van der Waals surface area contributed by atoms with E-state index < -0.39 is 11.9 Å². The molecule has 0 spiro atoms. The summed E-state index contributed by atoms with van der Waals surface area (Å²) in [6, 6.07) is 12.4. The van der Waals surface area contributed by atoms with E-state index in [9.17, 15) is 14.4 Å². The summed E-state index contributed by atoms with van der Waals surface area (Å²) in [5.41, 5.74) is 3.05. The summed E-state index contributed by atoms with van der Waals surface area (Å²) >= 11 is 8.01. The average molecular weight is 547 g/mol. The number of aliphatic carboxylic acids is 2. The van der Waals surface area contributed by atoms with E-state index in [4.69, 9.17) is 21.8 Å². The Kier molecular flexibility index (Phi) is 9.59. The molecule has 3 aromatic rings. The van der Waals surface area contributed by atoms with Gasteiger partial charge in [0.2, 0.25) is 5.91 Å². The van der Waals surface area contributed by atoms with Crippen molar-refractivity contribution in [1.29, 1.82) is 0 Å². The molecule has 2 aliphatic rings. The Balaban J connectivity index is 0.000000370. The molecule has 1 saturated heterocycles. The number of carboxylic acids is 2. The van der Waals surface area contributed by atoms with Crippen molar-refractivity contribution in [3.05, 3.63) is 64.7 Å². The first-order chi connectivity index (χ1) is 17.3. The van der Waals surface area contributed by atoms with Crippen LogP contribution in [0.5, 0.6) is 0 Å². The zero-order valence-corrected chi connectivity index (χ0v) is 21.4. The van der Waals surface area contributed by atoms with Crippen LogP contribution in [0.25, 0.3) is 10.1 Å². The maximum atomic E-state index is 11.6. The molecule has 0 saturated carbocycles. The largest absolute Gasteiger partial charge is 0.478 e. The number of rotatable bonds is 6. The number of anilines is 2. The van der Waals surface area contributed by atoms with Crippen molar-refractivity contribution in [3.8, 4) is 0 Å². The first kappa shape index (κ1) is 28.1.